The van der Waals surface area contributed by atoms with Crippen LogP contribution in [0.5, 0.6) is 17.2 Å². The van der Waals surface area contributed by atoms with Crippen LogP contribution in [0.1, 0.15) is 33.4 Å². The molecule has 0 spiro atoms. The van der Waals surface area contributed by atoms with Gasteiger partial charge in [0, 0.05) is 10.2 Å². The molecule has 149 valence electrons. The predicted molar refractivity (Wildman–Crippen MR) is 118 cm³/mol. The zero-order valence-electron chi connectivity index (χ0n) is 17.2. The number of benzene rings is 3. The number of para-hydroxylation sites is 3. The Morgan fingerprint density at radius 2 is 0.862 bits per heavy atom. The van der Waals surface area contributed by atoms with Crippen LogP contribution >= 0.6 is 0 Å². The standard InChI is InChI=1S/C25H27O3Si/c1-16-7-4-10-19(22(16)26)13-25(29,14-20-11-5-8-17(2)23(20)27)15-21-12-6-9-18(3)24(21)28/h4-12,26-28H,13-15H2,1-3H3. The van der Waals surface area contributed by atoms with E-state index in [9.17, 15) is 15.3 Å². The highest BCUT2D eigenvalue weighted by molar-refractivity contribution is 6.15. The molecule has 0 aliphatic carbocycles. The van der Waals surface area contributed by atoms with Crippen LogP contribution in [-0.2, 0) is 19.3 Å². The number of hydrogen-bond acceptors (Lipinski definition) is 3. The number of aromatic hydroxyl groups is 3. The lowest BCUT2D eigenvalue weighted by Crippen LogP contribution is -2.23. The van der Waals surface area contributed by atoms with Crippen molar-refractivity contribution in [1.29, 1.82) is 0 Å². The van der Waals surface area contributed by atoms with E-state index in [1.807, 2.05) is 75.4 Å². The Kier molecular flexibility index (Phi) is 6.03. The van der Waals surface area contributed by atoms with Crippen LogP contribution in [0.2, 0.25) is 5.04 Å². The highest BCUT2D eigenvalue weighted by Crippen LogP contribution is 2.42. The van der Waals surface area contributed by atoms with Crippen molar-refractivity contribution < 1.29 is 15.3 Å². The maximum Gasteiger partial charge on any atom is 0.121 e. The molecule has 0 heterocycles. The van der Waals surface area contributed by atoms with Gasteiger partial charge in [-0.15, -0.1) is 0 Å². The van der Waals surface area contributed by atoms with Gasteiger partial charge in [0.15, 0.2) is 0 Å². The third-order valence-electron chi connectivity index (χ3n) is 5.55. The number of aryl methyl sites for hydroxylation is 3. The molecule has 3 radical (unpaired) electrons. The molecule has 3 nitrogen and oxygen atoms in total. The maximum atomic E-state index is 10.6. The fraction of sp³-hybridized carbons (Fsp3) is 0.280. The van der Waals surface area contributed by atoms with Crippen molar-refractivity contribution in [3.05, 3.63) is 88.0 Å². The quantitative estimate of drug-likeness (QED) is 0.503. The van der Waals surface area contributed by atoms with Gasteiger partial charge in [-0.2, -0.15) is 0 Å². The first-order valence-electron chi connectivity index (χ1n) is 9.77. The van der Waals surface area contributed by atoms with Gasteiger partial charge >= 0.3 is 0 Å². The highest BCUT2D eigenvalue weighted by atomic mass is 28.1. The van der Waals surface area contributed by atoms with Gasteiger partial charge in [0.25, 0.3) is 0 Å². The summed E-state index contributed by atoms with van der Waals surface area (Å²) >= 11 is 0. The van der Waals surface area contributed by atoms with Gasteiger partial charge in [-0.3, -0.25) is 0 Å². The number of hydrogen-bond donors (Lipinski definition) is 3. The summed E-state index contributed by atoms with van der Waals surface area (Å²) in [6.45, 7) is 5.65. The van der Waals surface area contributed by atoms with E-state index < -0.39 is 5.04 Å². The summed E-state index contributed by atoms with van der Waals surface area (Å²) in [7, 11) is 4.00. The van der Waals surface area contributed by atoms with Crippen LogP contribution < -0.4 is 0 Å². The van der Waals surface area contributed by atoms with Crippen molar-refractivity contribution in [1.82, 2.24) is 0 Å². The van der Waals surface area contributed by atoms with Gasteiger partial charge in [0.2, 0.25) is 0 Å². The zero-order chi connectivity index (χ0) is 21.2. The van der Waals surface area contributed by atoms with Crippen LogP contribution in [0.3, 0.4) is 0 Å². The minimum atomic E-state index is -0.512. The Bertz CT molecular complexity index is 897. The lowest BCUT2D eigenvalue weighted by atomic mass is 9.84. The van der Waals surface area contributed by atoms with Crippen molar-refractivity contribution in [2.24, 2.45) is 0 Å². The van der Waals surface area contributed by atoms with Crippen molar-refractivity contribution in [2.75, 3.05) is 0 Å². The van der Waals surface area contributed by atoms with Gasteiger partial charge in [-0.05, 0) is 78.5 Å². The van der Waals surface area contributed by atoms with E-state index in [0.29, 0.717) is 19.3 Å². The highest BCUT2D eigenvalue weighted by Gasteiger charge is 2.30. The molecule has 3 aromatic rings. The van der Waals surface area contributed by atoms with Gasteiger partial charge < -0.3 is 15.3 Å². The normalized spacial score (nSPS) is 11.6. The second kappa shape index (κ2) is 8.33. The van der Waals surface area contributed by atoms with Gasteiger partial charge in [0.1, 0.15) is 17.2 Å². The van der Waals surface area contributed by atoms with Crippen LogP contribution in [0, 0.1) is 20.8 Å². The molecule has 0 fully saturated rings. The molecule has 0 unspecified atom stereocenters. The summed E-state index contributed by atoms with van der Waals surface area (Å²) in [4.78, 5) is 0. The smallest absolute Gasteiger partial charge is 0.121 e. The molecule has 0 aliphatic heterocycles. The Morgan fingerprint density at radius 1 is 0.586 bits per heavy atom. The molecule has 0 amide bonds. The second-order valence-corrected chi connectivity index (χ2v) is 9.12. The molecule has 0 bridgehead atoms. The molecule has 0 aromatic heterocycles. The monoisotopic (exact) mass is 403 g/mol. The number of phenols is 3. The first kappa shape index (κ1) is 21.0. The van der Waals surface area contributed by atoms with Crippen LogP contribution in [-0.4, -0.2) is 25.6 Å². The maximum absolute atomic E-state index is 10.6. The Hall–Kier alpha value is -2.72. The van der Waals surface area contributed by atoms with E-state index in [1.165, 1.54) is 0 Å². The van der Waals surface area contributed by atoms with E-state index in [-0.39, 0.29) is 17.2 Å². The molecule has 0 aliphatic rings. The lowest BCUT2D eigenvalue weighted by molar-refractivity contribution is 0.434. The molecule has 0 saturated carbocycles. The summed E-state index contributed by atoms with van der Waals surface area (Å²) in [5.74, 6) is 0.867. The molecule has 4 heteroatoms. The Labute approximate surface area is 176 Å². The SMILES string of the molecule is Cc1cccc(CC([Si])(Cc2cccc(C)c2O)Cc2cccc(C)c2O)c1O. The van der Waals surface area contributed by atoms with Crippen molar-refractivity contribution >= 4 is 10.2 Å². The molecule has 3 N–H and O–H groups in total. The largest absolute Gasteiger partial charge is 0.507 e. The molecular formula is C25H27O3Si. The Balaban J connectivity index is 2.03. The van der Waals surface area contributed by atoms with Crippen LogP contribution in [0.25, 0.3) is 0 Å². The van der Waals surface area contributed by atoms with E-state index in [4.69, 9.17) is 0 Å². The fourth-order valence-corrected chi connectivity index (χ4v) is 4.44. The summed E-state index contributed by atoms with van der Waals surface area (Å²) in [6, 6.07) is 17.2. The molecule has 3 aromatic carbocycles. The first-order chi connectivity index (χ1) is 13.7. The van der Waals surface area contributed by atoms with Gasteiger partial charge in [-0.25, -0.2) is 0 Å². The third-order valence-corrected chi connectivity index (χ3v) is 6.08. The molecule has 0 atom stereocenters. The summed E-state index contributed by atoms with van der Waals surface area (Å²) in [5, 5.41) is 31.2. The second-order valence-electron chi connectivity index (χ2n) is 8.06. The average molecular weight is 404 g/mol. The number of rotatable bonds is 6. The van der Waals surface area contributed by atoms with Gasteiger partial charge in [-0.1, -0.05) is 54.6 Å². The lowest BCUT2D eigenvalue weighted by Gasteiger charge is -2.31. The molecule has 3 rings (SSSR count). The Morgan fingerprint density at radius 3 is 1.14 bits per heavy atom. The minimum Gasteiger partial charge on any atom is -0.507 e. The summed E-state index contributed by atoms with van der Waals surface area (Å²) in [6.07, 6.45) is 1.62. The van der Waals surface area contributed by atoms with E-state index in [0.717, 1.165) is 33.4 Å². The minimum absolute atomic E-state index is 0.289. The third kappa shape index (κ3) is 4.65. The van der Waals surface area contributed by atoms with Crippen molar-refractivity contribution in [3.8, 4) is 17.2 Å². The van der Waals surface area contributed by atoms with E-state index in [2.05, 4.69) is 10.2 Å². The van der Waals surface area contributed by atoms with Crippen molar-refractivity contribution in [2.45, 2.75) is 45.1 Å². The topological polar surface area (TPSA) is 60.7 Å². The number of phenolic OH excluding ortho intramolecular Hbond substituents is 3. The fourth-order valence-electron chi connectivity index (χ4n) is 3.87. The molecule has 0 saturated heterocycles. The van der Waals surface area contributed by atoms with Crippen LogP contribution in [0.4, 0.5) is 0 Å². The zero-order valence-corrected chi connectivity index (χ0v) is 18.2. The first-order valence-corrected chi connectivity index (χ1v) is 10.3. The summed E-state index contributed by atoms with van der Waals surface area (Å²) in [5.41, 5.74) is 4.98. The molecule has 29 heavy (non-hydrogen) atoms. The predicted octanol–water partition coefficient (Wildman–Crippen LogP) is 5.08. The van der Waals surface area contributed by atoms with Crippen LogP contribution in [0.15, 0.2) is 54.6 Å². The average Bonchev–Trinajstić information content (AvgIpc) is 2.67. The van der Waals surface area contributed by atoms with Gasteiger partial charge in [0.05, 0.1) is 0 Å². The van der Waals surface area contributed by atoms with Crippen molar-refractivity contribution in [3.63, 3.8) is 0 Å². The van der Waals surface area contributed by atoms with E-state index >= 15 is 0 Å². The molecular weight excluding hydrogens is 376 g/mol. The summed E-state index contributed by atoms with van der Waals surface area (Å²) < 4.78 is 0. The van der Waals surface area contributed by atoms with E-state index in [1.54, 1.807) is 0 Å².